The summed E-state index contributed by atoms with van der Waals surface area (Å²) in [6.07, 6.45) is 7.45. The van der Waals surface area contributed by atoms with Crippen molar-refractivity contribution in [3.8, 4) is 0 Å². The Hall–Kier alpha value is -3.61. The summed E-state index contributed by atoms with van der Waals surface area (Å²) in [6.45, 7) is 9.69. The van der Waals surface area contributed by atoms with E-state index in [2.05, 4.69) is 0 Å². The first kappa shape index (κ1) is 53.0. The van der Waals surface area contributed by atoms with Crippen LogP contribution in [0.3, 0.4) is 0 Å². The third-order valence-corrected chi connectivity index (χ3v) is 13.9. The highest BCUT2D eigenvalue weighted by Crippen LogP contribution is 2.51. The minimum Gasteiger partial charge on any atom is -0.748 e. The van der Waals surface area contributed by atoms with Gasteiger partial charge < -0.3 is 47.3 Å². The Kier molecular flexibility index (Phi) is 19.6. The summed E-state index contributed by atoms with van der Waals surface area (Å²) in [5.41, 5.74) is 1.71. The number of benzene rings is 2. The fourth-order valence-corrected chi connectivity index (χ4v) is 9.71. The van der Waals surface area contributed by atoms with Crippen molar-refractivity contribution < 1.29 is 77.1 Å². The highest BCUT2D eigenvalue weighted by atomic mass is 32.2. The highest BCUT2D eigenvalue weighted by Gasteiger charge is 2.48. The lowest BCUT2D eigenvalue weighted by Gasteiger charge is -2.30. The maximum atomic E-state index is 12.3. The number of ether oxygens (including phenoxy) is 5. The van der Waals surface area contributed by atoms with Gasteiger partial charge >= 0.3 is 5.97 Å². The van der Waals surface area contributed by atoms with Crippen LogP contribution in [-0.4, -0.2) is 146 Å². The second kappa shape index (κ2) is 23.7. The standard InChI is InChI=1S/C43H62N2O16S3/c1-5-44-37-16-14-33(63(51,52)53)31-35(37)42(2,18-10-30-62(48,49)50)39(44)11-9-12-40-43(3,19-21-58-24-25-60-28-29-61-27-26-59-23-22-57-4)36-32-34(64(54,55)56)15-17-38(36)45(40)20-8-6-7-13-41(46)47/h9,11-12,14-17,31-32H,5-8,10,13,18-30H2,1-4H3,(H3-,46,47,48,49,50,51,52,53,54,55,56)/p-2. The maximum absolute atomic E-state index is 12.3. The van der Waals surface area contributed by atoms with Gasteiger partial charge in [0.1, 0.15) is 26.8 Å². The molecule has 4 rings (SSSR count). The van der Waals surface area contributed by atoms with Crippen molar-refractivity contribution in [2.45, 2.75) is 86.3 Å². The lowest BCUT2D eigenvalue weighted by atomic mass is 9.76. The van der Waals surface area contributed by atoms with Gasteiger partial charge in [0.25, 0.3) is 0 Å². The van der Waals surface area contributed by atoms with Crippen LogP contribution in [0.2, 0.25) is 0 Å². The molecule has 0 amide bonds. The molecule has 64 heavy (non-hydrogen) atoms. The lowest BCUT2D eigenvalue weighted by molar-refractivity contribution is -0.438. The number of hydrogen-bond donors (Lipinski definition) is 1. The number of methoxy groups -OCH3 is 1. The molecule has 2 unspecified atom stereocenters. The minimum absolute atomic E-state index is 0.000505. The molecule has 2 atom stereocenters. The van der Waals surface area contributed by atoms with Gasteiger partial charge in [-0.15, -0.1) is 0 Å². The number of allylic oxidation sites excluding steroid dienone is 4. The summed E-state index contributed by atoms with van der Waals surface area (Å²) in [5.74, 6) is -1.56. The molecule has 0 radical (unpaired) electrons. The number of fused-ring (bicyclic) bond motifs is 2. The number of carboxylic acids is 1. The van der Waals surface area contributed by atoms with E-state index in [1.807, 2.05) is 35.5 Å². The Morgan fingerprint density at radius 3 is 1.84 bits per heavy atom. The average Bonchev–Trinajstić information content (AvgIpc) is 3.59. The highest BCUT2D eigenvalue weighted by molar-refractivity contribution is 7.86. The van der Waals surface area contributed by atoms with E-state index in [9.17, 15) is 48.8 Å². The van der Waals surface area contributed by atoms with Crippen molar-refractivity contribution in [3.63, 3.8) is 0 Å². The zero-order valence-corrected chi connectivity index (χ0v) is 39.3. The molecule has 0 bridgehead atoms. The summed E-state index contributed by atoms with van der Waals surface area (Å²) in [5, 5.41) is 9.21. The van der Waals surface area contributed by atoms with Gasteiger partial charge in [0.15, 0.2) is 5.71 Å². The minimum atomic E-state index is -4.86. The number of rotatable bonds is 30. The number of aliphatic carboxylic acids is 1. The lowest BCUT2D eigenvalue weighted by Crippen LogP contribution is -2.33. The molecular weight excluding hydrogens is 897 g/mol. The number of likely N-dealkylation sites (N-methyl/N-ethyl adjacent to an activating group) is 1. The van der Waals surface area contributed by atoms with Crippen LogP contribution in [0, 0.1) is 0 Å². The van der Waals surface area contributed by atoms with E-state index in [1.54, 1.807) is 26.2 Å². The molecule has 0 aromatic heterocycles. The zero-order valence-electron chi connectivity index (χ0n) is 36.8. The van der Waals surface area contributed by atoms with Gasteiger partial charge in [0.05, 0.1) is 78.2 Å². The largest absolute Gasteiger partial charge is 0.748 e. The van der Waals surface area contributed by atoms with Crippen LogP contribution in [0.4, 0.5) is 11.4 Å². The Morgan fingerprint density at radius 1 is 0.734 bits per heavy atom. The van der Waals surface area contributed by atoms with Gasteiger partial charge in [-0.1, -0.05) is 6.08 Å². The number of hydrogen-bond acceptors (Lipinski definition) is 16. The average molecular weight is 957 g/mol. The van der Waals surface area contributed by atoms with Gasteiger partial charge in [-0.2, -0.15) is 4.58 Å². The SMILES string of the molecule is CCN1/C(=C/C=C/C2=[N+](CCCCCC(=O)O)c3ccc(S(=O)(=O)[O-])cc3C2(C)CCOCCOCCOCCOCCOC)C(C)(CCCS(=O)(=O)[O-])c2cc(S(=O)(=O)[O-])ccc21. The molecule has 0 saturated carbocycles. The van der Waals surface area contributed by atoms with Gasteiger partial charge in [0.2, 0.25) is 5.69 Å². The predicted molar refractivity (Wildman–Crippen MR) is 233 cm³/mol. The second-order valence-electron chi connectivity index (χ2n) is 15.9. The Balaban J connectivity index is 1.69. The number of unbranched alkanes of at least 4 members (excludes halogenated alkanes) is 2. The van der Waals surface area contributed by atoms with Crippen LogP contribution in [0.15, 0.2) is 70.1 Å². The molecule has 2 aromatic rings. The molecule has 2 heterocycles. The molecule has 18 nitrogen and oxygen atoms in total. The quantitative estimate of drug-likeness (QED) is 0.0655. The molecule has 0 spiro atoms. The summed E-state index contributed by atoms with van der Waals surface area (Å²) in [7, 11) is -12.7. The van der Waals surface area contributed by atoms with E-state index in [0.717, 1.165) is 5.71 Å². The predicted octanol–water partition coefficient (Wildman–Crippen LogP) is 4.16. The van der Waals surface area contributed by atoms with E-state index in [-0.39, 0.29) is 39.1 Å². The van der Waals surface area contributed by atoms with E-state index in [4.69, 9.17) is 23.7 Å². The summed E-state index contributed by atoms with van der Waals surface area (Å²) in [4.78, 5) is 12.3. The molecule has 2 aromatic carbocycles. The molecule has 0 saturated heterocycles. The third-order valence-electron chi connectivity index (χ3n) is 11.5. The topological polar surface area (TPSA) is 261 Å². The normalized spacial score (nSPS) is 19.6. The van der Waals surface area contributed by atoms with Crippen molar-refractivity contribution in [2.75, 3.05) is 90.3 Å². The molecule has 21 heteroatoms. The number of nitrogens with zero attached hydrogens (tertiary/aromatic N) is 2. The van der Waals surface area contributed by atoms with Crippen LogP contribution in [0.25, 0.3) is 0 Å². The maximum Gasteiger partial charge on any atom is 0.303 e. The number of anilines is 1. The Labute approximate surface area is 377 Å². The summed E-state index contributed by atoms with van der Waals surface area (Å²) < 4.78 is 138. The third kappa shape index (κ3) is 14.4. The van der Waals surface area contributed by atoms with Gasteiger partial charge in [-0.25, -0.2) is 25.3 Å². The van der Waals surface area contributed by atoms with Crippen molar-refractivity contribution in [1.82, 2.24) is 0 Å². The van der Waals surface area contributed by atoms with Crippen LogP contribution in [0.5, 0.6) is 0 Å². The van der Waals surface area contributed by atoms with E-state index in [1.165, 1.54) is 30.3 Å². The van der Waals surface area contributed by atoms with Crippen molar-refractivity contribution >= 4 is 53.4 Å². The van der Waals surface area contributed by atoms with Crippen molar-refractivity contribution in [2.24, 2.45) is 0 Å². The molecule has 2 aliphatic heterocycles. The first-order valence-electron chi connectivity index (χ1n) is 21.1. The van der Waals surface area contributed by atoms with Crippen molar-refractivity contribution in [3.05, 3.63) is 71.5 Å². The monoisotopic (exact) mass is 956 g/mol. The van der Waals surface area contributed by atoms with Crippen LogP contribution in [-0.2, 0) is 69.7 Å². The Morgan fingerprint density at radius 2 is 1.30 bits per heavy atom. The molecule has 0 fully saturated rings. The van der Waals surface area contributed by atoms with Crippen molar-refractivity contribution in [1.29, 1.82) is 0 Å². The molecule has 358 valence electrons. The van der Waals surface area contributed by atoms with Crippen LogP contribution in [0.1, 0.15) is 76.8 Å². The van der Waals surface area contributed by atoms with E-state index >= 15 is 0 Å². The van der Waals surface area contributed by atoms with Crippen LogP contribution < -0.4 is 4.90 Å². The van der Waals surface area contributed by atoms with E-state index < -0.39 is 62.7 Å². The van der Waals surface area contributed by atoms with Crippen LogP contribution >= 0.6 is 0 Å². The molecule has 0 aliphatic carbocycles. The summed E-state index contributed by atoms with van der Waals surface area (Å²) >= 11 is 0. The van der Waals surface area contributed by atoms with Gasteiger partial charge in [-0.05, 0) is 94.8 Å². The van der Waals surface area contributed by atoms with E-state index in [0.29, 0.717) is 107 Å². The zero-order chi connectivity index (χ0) is 47.2. The first-order valence-corrected chi connectivity index (χ1v) is 25.5. The first-order chi connectivity index (χ1) is 30.2. The molecule has 2 aliphatic rings. The smallest absolute Gasteiger partial charge is 0.303 e. The number of carboxylic acid groups (broad SMARTS) is 1. The molecular formula is C43H60N2O16S3-2. The number of carbonyl (C=O) groups is 1. The Bertz CT molecular complexity index is 2350. The van der Waals surface area contributed by atoms with Gasteiger partial charge in [-0.3, -0.25) is 4.79 Å². The fourth-order valence-electron chi connectivity index (χ4n) is 8.22. The molecule has 1 N–H and O–H groups in total. The van der Waals surface area contributed by atoms with Gasteiger partial charge in [0, 0.05) is 73.4 Å². The summed E-state index contributed by atoms with van der Waals surface area (Å²) in [6, 6.07) is 8.29. The fraction of sp³-hybridized carbons (Fsp3) is 0.581. The second-order valence-corrected chi connectivity index (χ2v) is 20.2.